The SMILES string of the molecule is O=C1c2cccc3cc([N+](=O)[O-])cc(c23)C(=O)N1N=Cc1ccc(OC(F)F)cc1. The second kappa shape index (κ2) is 7.32. The van der Waals surface area contributed by atoms with E-state index in [1.54, 1.807) is 12.1 Å². The Kier molecular flexibility index (Phi) is 4.66. The van der Waals surface area contributed by atoms with E-state index in [-0.39, 0.29) is 22.6 Å². The van der Waals surface area contributed by atoms with Gasteiger partial charge in [0, 0.05) is 17.5 Å². The van der Waals surface area contributed by atoms with Gasteiger partial charge in [-0.25, -0.2) is 0 Å². The maximum Gasteiger partial charge on any atom is 0.387 e. The number of nitrogens with zero attached hydrogens (tertiary/aromatic N) is 3. The lowest BCUT2D eigenvalue weighted by Gasteiger charge is -2.22. The number of non-ortho nitro benzene ring substituents is 1. The number of carbonyl (C=O) groups excluding carboxylic acids is 2. The van der Waals surface area contributed by atoms with Crippen molar-refractivity contribution in [1.82, 2.24) is 5.01 Å². The summed E-state index contributed by atoms with van der Waals surface area (Å²) >= 11 is 0. The third-order valence-electron chi connectivity index (χ3n) is 4.45. The predicted octanol–water partition coefficient (Wildman–Crippen LogP) is 3.98. The first kappa shape index (κ1) is 19.1. The second-order valence-electron chi connectivity index (χ2n) is 6.27. The summed E-state index contributed by atoms with van der Waals surface area (Å²) in [6, 6.07) is 12.5. The van der Waals surface area contributed by atoms with Crippen LogP contribution in [0, 0.1) is 10.1 Å². The van der Waals surface area contributed by atoms with Crippen LogP contribution in [0.4, 0.5) is 14.5 Å². The number of imide groups is 1. The topological polar surface area (TPSA) is 102 Å². The number of carbonyl (C=O) groups is 2. The number of hydrogen-bond donors (Lipinski definition) is 0. The molecule has 3 aromatic rings. The van der Waals surface area contributed by atoms with Gasteiger partial charge < -0.3 is 4.74 Å². The molecule has 8 nitrogen and oxygen atoms in total. The molecule has 4 rings (SSSR count). The molecule has 0 aromatic heterocycles. The summed E-state index contributed by atoms with van der Waals surface area (Å²) in [5, 5.41) is 16.5. The van der Waals surface area contributed by atoms with Gasteiger partial charge in [-0.05, 0) is 41.3 Å². The fourth-order valence-electron chi connectivity index (χ4n) is 3.15. The number of nitro benzene ring substituents is 1. The van der Waals surface area contributed by atoms with Gasteiger partial charge in [0.1, 0.15) is 5.75 Å². The molecule has 10 heteroatoms. The van der Waals surface area contributed by atoms with Crippen LogP contribution >= 0.6 is 0 Å². The van der Waals surface area contributed by atoms with Crippen LogP contribution in [-0.4, -0.2) is 34.6 Å². The van der Waals surface area contributed by atoms with Gasteiger partial charge in [-0.1, -0.05) is 12.1 Å². The van der Waals surface area contributed by atoms with E-state index in [2.05, 4.69) is 9.84 Å². The summed E-state index contributed by atoms with van der Waals surface area (Å²) in [6.07, 6.45) is 1.20. The van der Waals surface area contributed by atoms with Crippen molar-refractivity contribution in [2.45, 2.75) is 6.61 Å². The van der Waals surface area contributed by atoms with E-state index in [9.17, 15) is 28.5 Å². The molecule has 0 fully saturated rings. The van der Waals surface area contributed by atoms with Crippen LogP contribution in [0.3, 0.4) is 0 Å². The van der Waals surface area contributed by atoms with Crippen molar-refractivity contribution in [2.24, 2.45) is 5.10 Å². The number of amides is 2. The molecule has 0 N–H and O–H groups in total. The lowest BCUT2D eigenvalue weighted by atomic mass is 9.94. The van der Waals surface area contributed by atoms with E-state index in [0.29, 0.717) is 21.3 Å². The summed E-state index contributed by atoms with van der Waals surface area (Å²) in [7, 11) is 0. The highest BCUT2D eigenvalue weighted by atomic mass is 19.3. The van der Waals surface area contributed by atoms with E-state index in [4.69, 9.17) is 0 Å². The van der Waals surface area contributed by atoms with Crippen LogP contribution in [0.25, 0.3) is 10.8 Å². The Labute approximate surface area is 167 Å². The molecule has 1 aliphatic heterocycles. The normalized spacial score (nSPS) is 13.5. The van der Waals surface area contributed by atoms with Gasteiger partial charge in [0.25, 0.3) is 17.5 Å². The zero-order valence-corrected chi connectivity index (χ0v) is 15.0. The van der Waals surface area contributed by atoms with Crippen molar-refractivity contribution >= 4 is 34.5 Å². The van der Waals surface area contributed by atoms with E-state index >= 15 is 0 Å². The first-order valence-electron chi connectivity index (χ1n) is 8.54. The molecular formula is C20H11F2N3O5. The molecule has 0 radical (unpaired) electrons. The molecule has 1 aliphatic rings. The first-order valence-corrected chi connectivity index (χ1v) is 8.54. The standard InChI is InChI=1S/C20H11F2N3O5/c21-20(22)30-14-6-4-11(5-7-14)10-23-24-18(26)15-3-1-2-12-8-13(25(28)29)9-16(17(12)15)19(24)27/h1-10,20H. The van der Waals surface area contributed by atoms with Crippen molar-refractivity contribution in [3.05, 3.63) is 81.4 Å². The number of ether oxygens (including phenoxy) is 1. The van der Waals surface area contributed by atoms with Crippen molar-refractivity contribution in [1.29, 1.82) is 0 Å². The number of halogens is 2. The lowest BCUT2D eigenvalue weighted by molar-refractivity contribution is -0.384. The van der Waals surface area contributed by atoms with Gasteiger partial charge in [-0.3, -0.25) is 19.7 Å². The molecule has 1 heterocycles. The van der Waals surface area contributed by atoms with E-state index < -0.39 is 23.3 Å². The van der Waals surface area contributed by atoms with E-state index in [0.717, 1.165) is 6.07 Å². The number of nitro groups is 1. The fourth-order valence-corrected chi connectivity index (χ4v) is 3.15. The van der Waals surface area contributed by atoms with Gasteiger partial charge in [0.2, 0.25) is 0 Å². The van der Waals surface area contributed by atoms with Crippen LogP contribution in [0.5, 0.6) is 5.75 Å². The Bertz CT molecular complexity index is 1230. The molecule has 0 spiro atoms. The molecule has 2 amide bonds. The molecule has 150 valence electrons. The summed E-state index contributed by atoms with van der Waals surface area (Å²) in [4.78, 5) is 36.2. The number of alkyl halides is 2. The lowest BCUT2D eigenvalue weighted by Crippen LogP contribution is -2.36. The van der Waals surface area contributed by atoms with Gasteiger partial charge in [-0.15, -0.1) is 0 Å². The molecule has 3 aromatic carbocycles. The smallest absolute Gasteiger partial charge is 0.387 e. The van der Waals surface area contributed by atoms with Crippen molar-refractivity contribution < 1.29 is 28.0 Å². The first-order chi connectivity index (χ1) is 14.3. The Morgan fingerprint density at radius 1 is 1.03 bits per heavy atom. The molecule has 0 saturated heterocycles. The minimum absolute atomic E-state index is 0.00719. The van der Waals surface area contributed by atoms with Crippen molar-refractivity contribution in [3.8, 4) is 5.75 Å². The number of benzene rings is 3. The highest BCUT2D eigenvalue weighted by molar-refractivity contribution is 6.25. The Morgan fingerprint density at radius 2 is 1.73 bits per heavy atom. The van der Waals surface area contributed by atoms with E-state index in [1.165, 1.54) is 42.6 Å². The summed E-state index contributed by atoms with van der Waals surface area (Å²) in [6.45, 7) is -2.96. The highest BCUT2D eigenvalue weighted by Gasteiger charge is 2.34. The maximum absolute atomic E-state index is 12.9. The monoisotopic (exact) mass is 411 g/mol. The Morgan fingerprint density at radius 3 is 2.40 bits per heavy atom. The minimum Gasteiger partial charge on any atom is -0.435 e. The largest absolute Gasteiger partial charge is 0.435 e. The molecular weight excluding hydrogens is 400 g/mol. The fraction of sp³-hybridized carbons (Fsp3) is 0.0500. The van der Waals surface area contributed by atoms with Gasteiger partial charge in [0.05, 0.1) is 22.3 Å². The van der Waals surface area contributed by atoms with Crippen LogP contribution < -0.4 is 4.74 Å². The quantitative estimate of drug-likeness (QED) is 0.274. The Balaban J connectivity index is 1.70. The molecule has 0 unspecified atom stereocenters. The van der Waals surface area contributed by atoms with Crippen LogP contribution in [0.15, 0.2) is 59.7 Å². The molecule has 30 heavy (non-hydrogen) atoms. The van der Waals surface area contributed by atoms with Crippen LogP contribution in [0.2, 0.25) is 0 Å². The number of rotatable bonds is 5. The third kappa shape index (κ3) is 3.34. The predicted molar refractivity (Wildman–Crippen MR) is 102 cm³/mol. The second-order valence-corrected chi connectivity index (χ2v) is 6.27. The van der Waals surface area contributed by atoms with E-state index in [1.807, 2.05) is 0 Å². The zero-order chi connectivity index (χ0) is 21.4. The molecule has 0 atom stereocenters. The third-order valence-corrected chi connectivity index (χ3v) is 4.45. The maximum atomic E-state index is 12.9. The average Bonchev–Trinajstić information content (AvgIpc) is 2.72. The van der Waals surface area contributed by atoms with Crippen molar-refractivity contribution in [2.75, 3.05) is 0 Å². The summed E-state index contributed by atoms with van der Waals surface area (Å²) in [5.41, 5.74) is 0.318. The highest BCUT2D eigenvalue weighted by Crippen LogP contribution is 2.33. The van der Waals surface area contributed by atoms with Gasteiger partial charge in [0.15, 0.2) is 0 Å². The molecule has 0 bridgehead atoms. The van der Waals surface area contributed by atoms with Crippen molar-refractivity contribution in [3.63, 3.8) is 0 Å². The molecule has 0 saturated carbocycles. The van der Waals surface area contributed by atoms with Crippen LogP contribution in [0.1, 0.15) is 26.3 Å². The van der Waals surface area contributed by atoms with Gasteiger partial charge in [-0.2, -0.15) is 18.9 Å². The average molecular weight is 411 g/mol. The summed E-state index contributed by atoms with van der Waals surface area (Å²) < 4.78 is 28.7. The number of hydrazone groups is 1. The minimum atomic E-state index is -2.96. The Hall–Kier alpha value is -4.21. The zero-order valence-electron chi connectivity index (χ0n) is 15.0. The number of hydrogen-bond acceptors (Lipinski definition) is 6. The molecule has 0 aliphatic carbocycles. The van der Waals surface area contributed by atoms with Crippen LogP contribution in [-0.2, 0) is 0 Å². The summed E-state index contributed by atoms with van der Waals surface area (Å²) in [5.74, 6) is -1.54. The van der Waals surface area contributed by atoms with Gasteiger partial charge >= 0.3 is 6.61 Å².